The Kier molecular flexibility index (Phi) is 19.0. The molecule has 0 amide bonds. The quantitative estimate of drug-likeness (QED) is 0.420. The zero-order valence-corrected chi connectivity index (χ0v) is 5.38. The smallest absolute Gasteiger partial charge is 0.100 e. The van der Waals surface area contributed by atoms with E-state index in [1.165, 1.54) is 18.6 Å². The van der Waals surface area contributed by atoms with Crippen LogP contribution in [0.1, 0.15) is 0 Å². The van der Waals surface area contributed by atoms with Crippen molar-refractivity contribution in [1.82, 2.24) is 0 Å². The fourth-order valence-corrected chi connectivity index (χ4v) is 0.0680. The number of hydrogen-bond acceptors (Lipinski definition) is 1. The highest BCUT2D eigenvalue weighted by Gasteiger charge is 1.49. The number of ether oxygens (including phenoxy) is 1. The molecule has 0 aromatic heterocycles. The van der Waals surface area contributed by atoms with Gasteiger partial charge in [0.25, 0.3) is 0 Å². The molecule has 0 aliphatic heterocycles. The largest absolute Gasteiger partial charge is 0.474 e. The van der Waals surface area contributed by atoms with Gasteiger partial charge in [-0.1, -0.05) is 19.2 Å². The van der Waals surface area contributed by atoms with Crippen LogP contribution in [0.5, 0.6) is 0 Å². The molecule has 0 saturated heterocycles. The zero-order valence-electron chi connectivity index (χ0n) is 5.38. The predicted molar refractivity (Wildman–Crippen MR) is 37.2 cm³/mol. The molecule has 0 aliphatic rings. The van der Waals surface area contributed by atoms with Crippen molar-refractivity contribution in [2.45, 2.75) is 0 Å². The van der Waals surface area contributed by atoms with E-state index in [1.54, 1.807) is 0 Å². The second-order valence-electron chi connectivity index (χ2n) is 0.925. The summed E-state index contributed by atoms with van der Waals surface area (Å²) in [5.41, 5.74) is 0. The topological polar surface area (TPSA) is 29.1 Å². The molecule has 0 saturated carbocycles. The Bertz CT molecular complexity index is 71.0. The number of rotatable bonds is 3. The maximum Gasteiger partial charge on any atom is 0.100 e. The molecular formula is C7H11O2. The highest BCUT2D eigenvalue weighted by Crippen LogP contribution is 1.65. The fraction of sp³-hybridized carbons (Fsp3) is 0.143. The summed E-state index contributed by atoms with van der Waals surface area (Å²) in [6.07, 6.45) is 3.94. The molecule has 0 bridgehead atoms. The van der Waals surface area contributed by atoms with Crippen LogP contribution in [0, 0.1) is 0 Å². The first-order valence-corrected chi connectivity index (χ1v) is 2.39. The van der Waals surface area contributed by atoms with E-state index >= 15 is 0 Å². The molecule has 0 unspecified atom stereocenters. The number of hydrogen-bond donors (Lipinski definition) is 0. The Labute approximate surface area is 55.8 Å². The van der Waals surface area contributed by atoms with Gasteiger partial charge in [0.05, 0.1) is 12.5 Å². The predicted octanol–water partition coefficient (Wildman–Crippen LogP) is 1.89. The Morgan fingerprint density at radius 2 is 1.56 bits per heavy atom. The van der Waals surface area contributed by atoms with Gasteiger partial charge in [-0.05, 0) is 0 Å². The highest BCUT2D eigenvalue weighted by atomic mass is 16.5. The van der Waals surface area contributed by atoms with Crippen molar-refractivity contribution in [3.63, 3.8) is 0 Å². The molecular weight excluding hydrogens is 116 g/mol. The molecule has 0 aliphatic carbocycles. The minimum absolute atomic E-state index is 0.167. The zero-order chi connectivity index (χ0) is 7.54. The van der Waals surface area contributed by atoms with Gasteiger partial charge in [0, 0.05) is 0 Å². The molecule has 2 heteroatoms. The van der Waals surface area contributed by atoms with Gasteiger partial charge in [-0.25, -0.2) is 5.11 Å². The van der Waals surface area contributed by atoms with Crippen LogP contribution < -0.4 is 0 Å². The summed E-state index contributed by atoms with van der Waals surface area (Å²) < 4.78 is 4.36. The van der Waals surface area contributed by atoms with Crippen molar-refractivity contribution in [3.8, 4) is 0 Å². The Morgan fingerprint density at radius 3 is 1.56 bits per heavy atom. The minimum Gasteiger partial charge on any atom is -0.474 e. The molecule has 9 heavy (non-hydrogen) atoms. The third-order valence-corrected chi connectivity index (χ3v) is 0.310. The van der Waals surface area contributed by atoms with E-state index in [2.05, 4.69) is 24.5 Å². The van der Waals surface area contributed by atoms with Crippen molar-refractivity contribution < 1.29 is 9.84 Å². The van der Waals surface area contributed by atoms with Gasteiger partial charge in [0.1, 0.15) is 6.61 Å². The van der Waals surface area contributed by atoms with Gasteiger partial charge in [-0.3, -0.25) is 0 Å². The lowest BCUT2D eigenvalue weighted by Crippen LogP contribution is -1.58. The van der Waals surface area contributed by atoms with E-state index in [9.17, 15) is 5.11 Å². The van der Waals surface area contributed by atoms with Crippen LogP contribution in [0.25, 0.3) is 0 Å². The van der Waals surface area contributed by atoms with Gasteiger partial charge < -0.3 is 4.74 Å². The third-order valence-electron chi connectivity index (χ3n) is 0.310. The molecule has 2 nitrogen and oxygen atoms in total. The Balaban J connectivity index is 0. The van der Waals surface area contributed by atoms with Crippen LogP contribution in [0.2, 0.25) is 0 Å². The second kappa shape index (κ2) is 15.8. The van der Waals surface area contributed by atoms with Crippen molar-refractivity contribution in [3.05, 3.63) is 38.3 Å². The summed E-state index contributed by atoms with van der Waals surface area (Å²) >= 11 is 0. The van der Waals surface area contributed by atoms with Crippen molar-refractivity contribution >= 4 is 0 Å². The molecule has 51 valence electrons. The fourth-order valence-electron chi connectivity index (χ4n) is 0.0680. The van der Waals surface area contributed by atoms with Gasteiger partial charge >= 0.3 is 0 Å². The van der Waals surface area contributed by atoms with Gasteiger partial charge in [0.2, 0.25) is 0 Å². The van der Waals surface area contributed by atoms with Gasteiger partial charge in [-0.2, -0.15) is 0 Å². The monoisotopic (exact) mass is 127 g/mol. The molecule has 1 radical (unpaired) electrons. The first-order valence-electron chi connectivity index (χ1n) is 2.39. The van der Waals surface area contributed by atoms with Crippen molar-refractivity contribution in [1.29, 1.82) is 0 Å². The first-order chi connectivity index (χ1) is 4.33. The van der Waals surface area contributed by atoms with Crippen molar-refractivity contribution in [2.75, 3.05) is 6.61 Å². The van der Waals surface area contributed by atoms with E-state index in [-0.39, 0.29) is 6.61 Å². The average molecular weight is 127 g/mol. The molecule has 0 N–H and O–H groups in total. The summed E-state index contributed by atoms with van der Waals surface area (Å²) in [7, 11) is 0. The molecule has 0 atom stereocenters. The molecule has 0 rings (SSSR count). The Morgan fingerprint density at radius 1 is 1.22 bits per heavy atom. The molecule has 0 spiro atoms. The summed E-state index contributed by atoms with van der Waals surface area (Å²) in [5.74, 6) is 0. The van der Waals surface area contributed by atoms with Gasteiger partial charge in [0.15, 0.2) is 0 Å². The minimum atomic E-state index is -0.167. The summed E-state index contributed by atoms with van der Waals surface area (Å²) in [4.78, 5) is 0. The molecule has 0 heterocycles. The maximum atomic E-state index is 9.18. The third kappa shape index (κ3) is 44.2. The first kappa shape index (κ1) is 10.9. The maximum absolute atomic E-state index is 9.18. The molecule has 0 aromatic carbocycles. The molecule has 0 fully saturated rings. The van der Waals surface area contributed by atoms with Crippen molar-refractivity contribution in [2.24, 2.45) is 0 Å². The average Bonchev–Trinajstić information content (AvgIpc) is 1.91. The normalized spacial score (nSPS) is 5.89. The molecule has 0 aromatic rings. The summed E-state index contributed by atoms with van der Waals surface area (Å²) in [6.45, 7) is 9.51. The summed E-state index contributed by atoms with van der Waals surface area (Å²) in [6, 6.07) is 0. The van der Waals surface area contributed by atoms with Crippen LogP contribution in [0.3, 0.4) is 0 Å². The second-order valence-corrected chi connectivity index (χ2v) is 0.925. The lowest BCUT2D eigenvalue weighted by molar-refractivity contribution is 0.232. The lowest BCUT2D eigenvalue weighted by Gasteiger charge is -1.76. The standard InChI is InChI=1S/C4H6O.C3H5O/c1-3-5-4-2;1-2-3-4/h3-4H,1-2H2;2H,1,3H2. The Hall–Kier alpha value is -1.02. The van der Waals surface area contributed by atoms with Crippen LogP contribution in [-0.2, 0) is 9.84 Å². The van der Waals surface area contributed by atoms with Crippen LogP contribution in [-0.4, -0.2) is 6.61 Å². The van der Waals surface area contributed by atoms with E-state index < -0.39 is 0 Å². The van der Waals surface area contributed by atoms with E-state index in [0.717, 1.165) is 0 Å². The van der Waals surface area contributed by atoms with Crippen LogP contribution >= 0.6 is 0 Å². The summed E-state index contributed by atoms with van der Waals surface area (Å²) in [5, 5.41) is 9.18. The van der Waals surface area contributed by atoms with E-state index in [4.69, 9.17) is 0 Å². The van der Waals surface area contributed by atoms with E-state index in [0.29, 0.717) is 0 Å². The van der Waals surface area contributed by atoms with Crippen LogP contribution in [0.4, 0.5) is 0 Å². The highest BCUT2D eigenvalue weighted by molar-refractivity contribution is 4.60. The van der Waals surface area contributed by atoms with Gasteiger partial charge in [-0.15, -0.1) is 6.58 Å². The lowest BCUT2D eigenvalue weighted by atomic mass is 10.7. The van der Waals surface area contributed by atoms with E-state index in [1.807, 2.05) is 0 Å². The van der Waals surface area contributed by atoms with Crippen LogP contribution in [0.15, 0.2) is 38.3 Å². The SMILES string of the molecule is C=CC[O].C=COC=C.